The number of benzene rings is 1. The van der Waals surface area contributed by atoms with Crippen LogP contribution in [0.5, 0.6) is 0 Å². The van der Waals surface area contributed by atoms with Crippen LogP contribution in [0, 0.1) is 13.8 Å². The minimum atomic E-state index is -4.47. The molecular formula is C19H20F3N3. The zero-order chi connectivity index (χ0) is 18.6. The fourth-order valence-electron chi connectivity index (χ4n) is 2.52. The number of nitrogens with one attached hydrogen (secondary N) is 1. The van der Waals surface area contributed by atoms with Crippen LogP contribution < -0.4 is 5.43 Å². The topological polar surface area (TPSA) is 37.3 Å². The maximum Gasteiger partial charge on any atom is 0.418 e. The van der Waals surface area contributed by atoms with Crippen LogP contribution >= 0.6 is 0 Å². The van der Waals surface area contributed by atoms with Gasteiger partial charge in [0.05, 0.1) is 22.7 Å². The molecule has 0 fully saturated rings. The van der Waals surface area contributed by atoms with Gasteiger partial charge in [0.1, 0.15) is 0 Å². The van der Waals surface area contributed by atoms with Crippen LogP contribution in [0.2, 0.25) is 0 Å². The Balaban J connectivity index is 2.32. The first-order chi connectivity index (χ1) is 11.7. The van der Waals surface area contributed by atoms with Crippen molar-refractivity contribution in [1.29, 1.82) is 0 Å². The lowest BCUT2D eigenvalue weighted by atomic mass is 10.0. The number of nitrogens with zero attached hydrogens (tertiary/aromatic N) is 2. The summed E-state index contributed by atoms with van der Waals surface area (Å²) in [7, 11) is 0. The molecule has 132 valence electrons. The van der Waals surface area contributed by atoms with E-state index in [1.54, 1.807) is 0 Å². The number of hydrogen-bond donors (Lipinski definition) is 1. The Labute approximate surface area is 145 Å². The first-order valence-electron chi connectivity index (χ1n) is 7.81. The van der Waals surface area contributed by atoms with Gasteiger partial charge >= 0.3 is 6.18 Å². The molecular weight excluding hydrogens is 327 g/mol. The lowest BCUT2D eigenvalue weighted by Crippen LogP contribution is -2.16. The highest BCUT2D eigenvalue weighted by Gasteiger charge is 2.34. The highest BCUT2D eigenvalue weighted by Crippen LogP contribution is 2.31. The number of hydrazone groups is 1. The zero-order valence-corrected chi connectivity index (χ0v) is 14.6. The third kappa shape index (κ3) is 4.47. The summed E-state index contributed by atoms with van der Waals surface area (Å²) in [5.74, 6) is 0. The maximum atomic E-state index is 13.1. The van der Waals surface area contributed by atoms with Gasteiger partial charge in [0, 0.05) is 11.8 Å². The van der Waals surface area contributed by atoms with E-state index in [9.17, 15) is 13.2 Å². The van der Waals surface area contributed by atoms with Crippen molar-refractivity contribution in [2.45, 2.75) is 33.9 Å². The highest BCUT2D eigenvalue weighted by atomic mass is 19.4. The second-order valence-corrected chi connectivity index (χ2v) is 5.73. The van der Waals surface area contributed by atoms with E-state index in [1.807, 2.05) is 45.0 Å². The van der Waals surface area contributed by atoms with Crippen LogP contribution in [0.15, 0.2) is 47.7 Å². The second-order valence-electron chi connectivity index (χ2n) is 5.73. The number of aryl methyl sites for hydroxylation is 2. The molecule has 0 aliphatic heterocycles. The van der Waals surface area contributed by atoms with Crippen molar-refractivity contribution in [2.24, 2.45) is 5.10 Å². The van der Waals surface area contributed by atoms with Gasteiger partial charge in [0.2, 0.25) is 0 Å². The molecule has 25 heavy (non-hydrogen) atoms. The van der Waals surface area contributed by atoms with Gasteiger partial charge in [-0.25, -0.2) is 0 Å². The van der Waals surface area contributed by atoms with Gasteiger partial charge in [0.15, 0.2) is 0 Å². The number of pyridine rings is 1. The van der Waals surface area contributed by atoms with Crippen molar-refractivity contribution in [3.05, 3.63) is 70.6 Å². The van der Waals surface area contributed by atoms with Gasteiger partial charge in [-0.2, -0.15) is 18.3 Å². The molecule has 0 bridgehead atoms. The van der Waals surface area contributed by atoms with E-state index in [0.717, 1.165) is 28.5 Å². The predicted molar refractivity (Wildman–Crippen MR) is 94.2 cm³/mol. The average Bonchev–Trinajstić information content (AvgIpc) is 2.56. The Kier molecular flexibility index (Phi) is 5.62. The van der Waals surface area contributed by atoms with E-state index in [2.05, 4.69) is 15.5 Å². The van der Waals surface area contributed by atoms with E-state index < -0.39 is 11.7 Å². The van der Waals surface area contributed by atoms with E-state index in [1.165, 1.54) is 19.2 Å². The van der Waals surface area contributed by atoms with Gasteiger partial charge < -0.3 is 0 Å². The van der Waals surface area contributed by atoms with Crippen LogP contribution in [-0.2, 0) is 6.18 Å². The first-order valence-corrected chi connectivity index (χ1v) is 7.81. The van der Waals surface area contributed by atoms with Crippen molar-refractivity contribution >= 4 is 11.4 Å². The van der Waals surface area contributed by atoms with Gasteiger partial charge in [0.25, 0.3) is 0 Å². The SMILES string of the molecule is CC=C(N/N=C(\C)c1ncccc1C(F)(F)F)c1ccc(C)cc1C. The van der Waals surface area contributed by atoms with Crippen LogP contribution in [-0.4, -0.2) is 10.7 Å². The molecule has 1 aromatic carbocycles. The molecule has 6 heteroatoms. The number of aromatic nitrogens is 1. The second kappa shape index (κ2) is 7.51. The van der Waals surface area contributed by atoms with Gasteiger partial charge in [-0.3, -0.25) is 10.4 Å². The number of allylic oxidation sites excluding steroid dienone is 1. The molecule has 1 N–H and O–H groups in total. The van der Waals surface area contributed by atoms with Crippen molar-refractivity contribution < 1.29 is 13.2 Å². The van der Waals surface area contributed by atoms with Crippen LogP contribution in [0.3, 0.4) is 0 Å². The Hall–Kier alpha value is -2.63. The van der Waals surface area contributed by atoms with Crippen LogP contribution in [0.1, 0.15) is 41.8 Å². The van der Waals surface area contributed by atoms with Gasteiger partial charge in [-0.05, 0) is 45.4 Å². The van der Waals surface area contributed by atoms with Crippen molar-refractivity contribution in [2.75, 3.05) is 0 Å². The molecule has 1 aromatic heterocycles. The molecule has 1 heterocycles. The van der Waals surface area contributed by atoms with E-state index in [-0.39, 0.29) is 11.4 Å². The molecule has 0 aliphatic carbocycles. The van der Waals surface area contributed by atoms with Gasteiger partial charge in [-0.1, -0.05) is 29.8 Å². The Morgan fingerprint density at radius 2 is 1.92 bits per heavy atom. The molecule has 0 unspecified atom stereocenters. The largest absolute Gasteiger partial charge is 0.418 e. The first kappa shape index (κ1) is 18.7. The molecule has 0 radical (unpaired) electrons. The molecule has 0 atom stereocenters. The van der Waals surface area contributed by atoms with Crippen molar-refractivity contribution in [3.63, 3.8) is 0 Å². The number of hydrogen-bond acceptors (Lipinski definition) is 3. The summed E-state index contributed by atoms with van der Waals surface area (Å²) >= 11 is 0. The minimum absolute atomic E-state index is 0.164. The number of halogens is 3. The summed E-state index contributed by atoms with van der Waals surface area (Å²) in [6, 6.07) is 8.24. The fourth-order valence-corrected chi connectivity index (χ4v) is 2.52. The van der Waals surface area contributed by atoms with Gasteiger partial charge in [-0.15, -0.1) is 0 Å². The highest BCUT2D eigenvalue weighted by molar-refractivity contribution is 5.98. The lowest BCUT2D eigenvalue weighted by molar-refractivity contribution is -0.137. The van der Waals surface area contributed by atoms with Crippen molar-refractivity contribution in [3.8, 4) is 0 Å². The maximum absolute atomic E-state index is 13.1. The van der Waals surface area contributed by atoms with Crippen LogP contribution in [0.4, 0.5) is 13.2 Å². The molecule has 0 saturated carbocycles. The molecule has 2 rings (SSSR count). The van der Waals surface area contributed by atoms with E-state index in [4.69, 9.17) is 0 Å². The van der Waals surface area contributed by atoms with Crippen LogP contribution in [0.25, 0.3) is 5.70 Å². The zero-order valence-electron chi connectivity index (χ0n) is 14.6. The number of rotatable bonds is 4. The third-order valence-corrected chi connectivity index (χ3v) is 3.76. The summed E-state index contributed by atoms with van der Waals surface area (Å²) < 4.78 is 39.3. The average molecular weight is 347 g/mol. The Morgan fingerprint density at radius 1 is 1.20 bits per heavy atom. The lowest BCUT2D eigenvalue weighted by Gasteiger charge is -2.13. The fraction of sp³-hybridized carbons (Fsp3) is 0.263. The smallest absolute Gasteiger partial charge is 0.278 e. The molecule has 0 spiro atoms. The monoisotopic (exact) mass is 347 g/mol. The molecule has 2 aromatic rings. The van der Waals surface area contributed by atoms with Crippen molar-refractivity contribution in [1.82, 2.24) is 10.4 Å². The normalized spacial score (nSPS) is 13.1. The number of alkyl halides is 3. The molecule has 3 nitrogen and oxygen atoms in total. The standard InChI is InChI=1S/C19H20F3N3/c1-5-17(15-9-8-12(2)11-13(15)3)25-24-14(4)18-16(19(20,21)22)7-6-10-23-18/h5-11,25H,1-4H3/b17-5?,24-14+. The summed E-state index contributed by atoms with van der Waals surface area (Å²) in [6.07, 6.45) is -1.32. The summed E-state index contributed by atoms with van der Waals surface area (Å²) in [5, 5.41) is 4.12. The predicted octanol–water partition coefficient (Wildman–Crippen LogP) is 5.09. The summed E-state index contributed by atoms with van der Waals surface area (Å²) in [6.45, 7) is 7.32. The summed E-state index contributed by atoms with van der Waals surface area (Å²) in [5.41, 5.74) is 5.91. The minimum Gasteiger partial charge on any atom is -0.278 e. The molecule has 0 aliphatic rings. The Bertz CT molecular complexity index is 821. The summed E-state index contributed by atoms with van der Waals surface area (Å²) in [4.78, 5) is 3.84. The third-order valence-electron chi connectivity index (χ3n) is 3.76. The van der Waals surface area contributed by atoms with E-state index >= 15 is 0 Å². The molecule has 0 saturated heterocycles. The molecule has 0 amide bonds. The Morgan fingerprint density at radius 3 is 2.52 bits per heavy atom. The quantitative estimate of drug-likeness (QED) is 0.618. The van der Waals surface area contributed by atoms with E-state index in [0.29, 0.717) is 0 Å².